The Morgan fingerprint density at radius 3 is 2.44 bits per heavy atom. The quantitative estimate of drug-likeness (QED) is 0.233. The number of carbonyl (C=O) groups excluding carboxylic acids is 1. The minimum atomic E-state index is -0.834. The van der Waals surface area contributed by atoms with Crippen LogP contribution in [0.25, 0.3) is 23.1 Å². The van der Waals surface area contributed by atoms with E-state index in [1.165, 1.54) is 0 Å². The van der Waals surface area contributed by atoms with Crippen molar-refractivity contribution in [1.82, 2.24) is 15.4 Å². The zero-order valence-electron chi connectivity index (χ0n) is 22.0. The molecule has 0 bridgehead atoms. The predicted octanol–water partition coefficient (Wildman–Crippen LogP) is 4.17. The number of H-pyrrole nitrogens is 1. The van der Waals surface area contributed by atoms with Gasteiger partial charge in [-0.2, -0.15) is 5.06 Å². The molecule has 1 fully saturated rings. The zero-order valence-corrected chi connectivity index (χ0v) is 22.0. The van der Waals surface area contributed by atoms with Crippen LogP contribution in [-0.4, -0.2) is 57.6 Å². The number of nitrogens with zero attached hydrogens (tertiary/aromatic N) is 1. The van der Waals surface area contributed by atoms with Crippen LogP contribution < -0.4 is 5.32 Å². The van der Waals surface area contributed by atoms with E-state index >= 15 is 0 Å². The smallest absolute Gasteiger partial charge is 0.240 e. The van der Waals surface area contributed by atoms with Gasteiger partial charge in [0.15, 0.2) is 0 Å². The second-order valence-corrected chi connectivity index (χ2v) is 10.1. The van der Waals surface area contributed by atoms with Crippen molar-refractivity contribution in [3.05, 3.63) is 107 Å². The lowest BCUT2D eigenvalue weighted by Gasteiger charge is -2.24. The fraction of sp³-hybridized carbons (Fsp3) is 0.281. The van der Waals surface area contributed by atoms with Crippen molar-refractivity contribution in [3.63, 3.8) is 0 Å². The normalized spacial score (nSPS) is 20.5. The number of aliphatic hydroxyl groups is 2. The van der Waals surface area contributed by atoms with E-state index < -0.39 is 24.2 Å². The summed E-state index contributed by atoms with van der Waals surface area (Å²) in [4.78, 5) is 22.7. The maximum atomic E-state index is 13.4. The lowest BCUT2D eigenvalue weighted by atomic mass is 9.92. The number of amides is 1. The zero-order chi connectivity index (χ0) is 27.2. The van der Waals surface area contributed by atoms with Crippen LogP contribution in [0.2, 0.25) is 0 Å². The van der Waals surface area contributed by atoms with Crippen LogP contribution in [0.5, 0.6) is 0 Å². The van der Waals surface area contributed by atoms with E-state index in [0.717, 1.165) is 33.2 Å². The third-order valence-corrected chi connectivity index (χ3v) is 7.30. The minimum absolute atomic E-state index is 0.223. The van der Waals surface area contributed by atoms with Gasteiger partial charge in [-0.05, 0) is 41.7 Å². The third-order valence-electron chi connectivity index (χ3n) is 7.30. The molecule has 7 heteroatoms. The van der Waals surface area contributed by atoms with Gasteiger partial charge >= 0.3 is 0 Å². The van der Waals surface area contributed by atoms with Gasteiger partial charge in [-0.1, -0.05) is 84.9 Å². The Morgan fingerprint density at radius 1 is 1.03 bits per heavy atom. The molecule has 4 N–H and O–H groups in total. The molecule has 39 heavy (non-hydrogen) atoms. The highest BCUT2D eigenvalue weighted by Gasteiger charge is 2.48. The van der Waals surface area contributed by atoms with Crippen LogP contribution in [0.3, 0.4) is 0 Å². The van der Waals surface area contributed by atoms with Gasteiger partial charge in [0.05, 0.1) is 19.3 Å². The Labute approximate surface area is 228 Å². The van der Waals surface area contributed by atoms with Gasteiger partial charge in [0, 0.05) is 29.6 Å². The van der Waals surface area contributed by atoms with Gasteiger partial charge in [0.25, 0.3) is 0 Å². The summed E-state index contributed by atoms with van der Waals surface area (Å²) in [6.07, 6.45) is 5.26. The first kappa shape index (κ1) is 26.8. The molecule has 0 saturated carbocycles. The predicted molar refractivity (Wildman–Crippen MR) is 153 cm³/mol. The highest BCUT2D eigenvalue weighted by Crippen LogP contribution is 2.31. The molecule has 4 atom stereocenters. The van der Waals surface area contributed by atoms with Gasteiger partial charge in [0.1, 0.15) is 12.1 Å². The third kappa shape index (κ3) is 6.29. The SMILES string of the molecule is C[C@H](O)[C@H]1ON(Cc2ccc(/C=C/c3ccccc3)cc2)[C@@H](C(=O)NCCc2c[nH]c3ccccc23)[C@H]1CO. The fourth-order valence-electron chi connectivity index (χ4n) is 5.24. The molecule has 202 valence electrons. The molecule has 4 aromatic rings. The molecule has 1 aliphatic heterocycles. The molecule has 1 aliphatic rings. The number of nitrogens with one attached hydrogen (secondary N) is 2. The molecule has 1 saturated heterocycles. The van der Waals surface area contributed by atoms with Gasteiger partial charge < -0.3 is 20.5 Å². The Hall–Kier alpha value is -3.75. The molecule has 0 unspecified atom stereocenters. The first-order chi connectivity index (χ1) is 19.0. The van der Waals surface area contributed by atoms with E-state index in [2.05, 4.69) is 40.7 Å². The summed E-state index contributed by atoms with van der Waals surface area (Å²) in [5.41, 5.74) is 5.35. The number of hydrogen-bond donors (Lipinski definition) is 4. The highest BCUT2D eigenvalue weighted by atomic mass is 16.7. The van der Waals surface area contributed by atoms with Crippen molar-refractivity contribution in [2.45, 2.75) is 38.1 Å². The van der Waals surface area contributed by atoms with E-state index in [0.29, 0.717) is 19.5 Å². The second-order valence-electron chi connectivity index (χ2n) is 10.1. The number of para-hydroxylation sites is 1. The molecule has 0 aliphatic carbocycles. The number of aromatic amines is 1. The number of hydroxylamine groups is 2. The summed E-state index contributed by atoms with van der Waals surface area (Å²) in [7, 11) is 0. The van der Waals surface area contributed by atoms with E-state index in [-0.39, 0.29) is 12.5 Å². The lowest BCUT2D eigenvalue weighted by molar-refractivity contribution is -0.192. The van der Waals surface area contributed by atoms with Gasteiger partial charge in [0.2, 0.25) is 5.91 Å². The standard InChI is InChI=1S/C32H35N3O4/c1-22(37)31-28(21-36)30(32(38)33-18-17-26-19-34-29-10-6-5-9-27(26)29)35(39-31)20-25-15-13-24(14-16-25)12-11-23-7-3-2-4-8-23/h2-16,19,22,28,30-31,34,36-37H,17-18,20-21H2,1H3,(H,33,38)/b12-11+/t22-,28+,30+,31+/m0/s1. The average Bonchev–Trinajstić information content (AvgIpc) is 3.54. The highest BCUT2D eigenvalue weighted by molar-refractivity contribution is 5.84. The van der Waals surface area contributed by atoms with Crippen molar-refractivity contribution in [1.29, 1.82) is 0 Å². The molecule has 1 aromatic heterocycles. The summed E-state index contributed by atoms with van der Waals surface area (Å²) in [5, 5.41) is 26.3. The maximum Gasteiger partial charge on any atom is 0.240 e. The van der Waals surface area contributed by atoms with Crippen LogP contribution in [-0.2, 0) is 22.6 Å². The molecular weight excluding hydrogens is 490 g/mol. The first-order valence-corrected chi connectivity index (χ1v) is 13.4. The van der Waals surface area contributed by atoms with E-state index in [9.17, 15) is 15.0 Å². The molecule has 7 nitrogen and oxygen atoms in total. The van der Waals surface area contributed by atoms with Crippen molar-refractivity contribution in [2.24, 2.45) is 5.92 Å². The van der Waals surface area contributed by atoms with Crippen LogP contribution >= 0.6 is 0 Å². The lowest BCUT2D eigenvalue weighted by Crippen LogP contribution is -2.48. The summed E-state index contributed by atoms with van der Waals surface area (Å²) in [5.74, 6) is -0.773. The Morgan fingerprint density at radius 2 is 1.72 bits per heavy atom. The molecule has 1 amide bonds. The first-order valence-electron chi connectivity index (χ1n) is 13.4. The van der Waals surface area contributed by atoms with Crippen molar-refractivity contribution in [3.8, 4) is 0 Å². The Balaban J connectivity index is 1.25. The second kappa shape index (κ2) is 12.4. The topological polar surface area (TPSA) is 97.8 Å². The number of aromatic nitrogens is 1. The van der Waals surface area contributed by atoms with E-state index in [4.69, 9.17) is 4.84 Å². The average molecular weight is 526 g/mol. The number of aliphatic hydroxyl groups excluding tert-OH is 2. The fourth-order valence-corrected chi connectivity index (χ4v) is 5.24. The van der Waals surface area contributed by atoms with E-state index in [1.807, 2.05) is 66.9 Å². The molecule has 0 radical (unpaired) electrons. The molecular formula is C32H35N3O4. The number of fused-ring (bicyclic) bond motifs is 1. The number of benzene rings is 3. The van der Waals surface area contributed by atoms with Gasteiger partial charge in [-0.3, -0.25) is 9.63 Å². The molecule has 3 aromatic carbocycles. The van der Waals surface area contributed by atoms with Crippen LogP contribution in [0, 0.1) is 5.92 Å². The van der Waals surface area contributed by atoms with Gasteiger partial charge in [-0.25, -0.2) is 0 Å². The maximum absolute atomic E-state index is 13.4. The van der Waals surface area contributed by atoms with Crippen LogP contribution in [0.1, 0.15) is 29.2 Å². The van der Waals surface area contributed by atoms with Crippen molar-refractivity contribution < 1.29 is 19.8 Å². The number of rotatable bonds is 10. The van der Waals surface area contributed by atoms with Crippen LogP contribution in [0.4, 0.5) is 0 Å². The Bertz CT molecular complexity index is 1400. The summed E-state index contributed by atoms with van der Waals surface area (Å²) in [6, 6.07) is 25.5. The van der Waals surface area contributed by atoms with E-state index in [1.54, 1.807) is 12.0 Å². The number of carbonyl (C=O) groups is 1. The molecule has 2 heterocycles. The number of hydrogen-bond acceptors (Lipinski definition) is 5. The van der Waals surface area contributed by atoms with Crippen molar-refractivity contribution >= 4 is 29.0 Å². The largest absolute Gasteiger partial charge is 0.396 e. The van der Waals surface area contributed by atoms with Gasteiger partial charge in [-0.15, -0.1) is 0 Å². The van der Waals surface area contributed by atoms with Crippen LogP contribution in [0.15, 0.2) is 85.1 Å². The Kier molecular flexibility index (Phi) is 8.54. The molecule has 5 rings (SSSR count). The summed E-state index contributed by atoms with van der Waals surface area (Å²) < 4.78 is 0. The molecule has 0 spiro atoms. The summed E-state index contributed by atoms with van der Waals surface area (Å²) >= 11 is 0. The minimum Gasteiger partial charge on any atom is -0.396 e. The monoisotopic (exact) mass is 525 g/mol. The van der Waals surface area contributed by atoms with Crippen molar-refractivity contribution in [2.75, 3.05) is 13.2 Å². The summed E-state index contributed by atoms with van der Waals surface area (Å²) in [6.45, 7) is 2.15.